The van der Waals surface area contributed by atoms with E-state index >= 15 is 0 Å². The molecular formula is C14H21NO4S2. The van der Waals surface area contributed by atoms with E-state index in [9.17, 15) is 12.6 Å². The number of nitrogens with two attached hydrogens (primary N) is 1. The average molecular weight is 331 g/mol. The van der Waals surface area contributed by atoms with E-state index in [0.29, 0.717) is 18.9 Å². The molecule has 118 valence electrons. The Morgan fingerprint density at radius 3 is 2.86 bits per heavy atom. The van der Waals surface area contributed by atoms with E-state index in [4.69, 9.17) is 10.5 Å². The molecule has 2 rings (SSSR count). The summed E-state index contributed by atoms with van der Waals surface area (Å²) in [5.74, 6) is 0.466. The Bertz CT molecular complexity index is 595. The van der Waals surface area contributed by atoms with Gasteiger partial charge in [-0.2, -0.15) is 0 Å². The molecule has 7 heteroatoms. The summed E-state index contributed by atoms with van der Waals surface area (Å²) in [5.41, 5.74) is 6.29. The van der Waals surface area contributed by atoms with Gasteiger partial charge in [0.15, 0.2) is 9.84 Å². The predicted octanol–water partition coefficient (Wildman–Crippen LogP) is 0.847. The third-order valence-electron chi connectivity index (χ3n) is 3.47. The van der Waals surface area contributed by atoms with E-state index in [-0.39, 0.29) is 22.5 Å². The smallest absolute Gasteiger partial charge is 0.179 e. The van der Waals surface area contributed by atoms with Crippen molar-refractivity contribution in [1.29, 1.82) is 0 Å². The van der Waals surface area contributed by atoms with E-state index in [1.54, 1.807) is 24.3 Å². The zero-order valence-corrected chi connectivity index (χ0v) is 13.5. The second-order valence-corrected chi connectivity index (χ2v) is 8.85. The average Bonchev–Trinajstić information content (AvgIpc) is 2.98. The molecule has 0 amide bonds. The van der Waals surface area contributed by atoms with E-state index in [0.717, 1.165) is 18.4 Å². The molecule has 5 nitrogen and oxygen atoms in total. The van der Waals surface area contributed by atoms with Crippen LogP contribution in [0.4, 0.5) is 0 Å². The highest BCUT2D eigenvalue weighted by molar-refractivity contribution is 7.93. The van der Waals surface area contributed by atoms with E-state index in [1.165, 1.54) is 0 Å². The molecule has 0 aromatic heterocycles. The first kappa shape index (κ1) is 16.6. The number of hydrogen-bond acceptors (Lipinski definition) is 5. The summed E-state index contributed by atoms with van der Waals surface area (Å²) < 4.78 is 41.8. The first-order valence-electron chi connectivity index (χ1n) is 6.99. The molecule has 0 bridgehead atoms. The Balaban J connectivity index is 1.92. The van der Waals surface area contributed by atoms with Crippen LogP contribution in [-0.4, -0.2) is 42.6 Å². The molecule has 1 fully saturated rings. The van der Waals surface area contributed by atoms with Gasteiger partial charge in [0, 0.05) is 35.5 Å². The van der Waals surface area contributed by atoms with Gasteiger partial charge >= 0.3 is 0 Å². The van der Waals surface area contributed by atoms with Crippen molar-refractivity contribution in [2.24, 2.45) is 5.73 Å². The summed E-state index contributed by atoms with van der Waals surface area (Å²) in [6.45, 7) is 1.01. The van der Waals surface area contributed by atoms with Crippen LogP contribution in [0.5, 0.6) is 0 Å². The number of hydrogen-bond donors (Lipinski definition) is 1. The topological polar surface area (TPSA) is 86.5 Å². The largest absolute Gasteiger partial charge is 0.377 e. The second-order valence-electron chi connectivity index (χ2n) is 5.12. The SMILES string of the molecule is NCc1cccc(S(=O)(=O)CCS(=O)CC2CCCO2)c1. The van der Waals surface area contributed by atoms with E-state index < -0.39 is 20.6 Å². The fourth-order valence-corrected chi connectivity index (χ4v) is 5.57. The maximum atomic E-state index is 12.2. The van der Waals surface area contributed by atoms with Gasteiger partial charge in [0.2, 0.25) is 0 Å². The second kappa shape index (κ2) is 7.49. The quantitative estimate of drug-likeness (QED) is 0.800. The Morgan fingerprint density at radius 2 is 2.19 bits per heavy atom. The van der Waals surface area contributed by atoms with Crippen molar-refractivity contribution in [1.82, 2.24) is 0 Å². The molecule has 0 spiro atoms. The van der Waals surface area contributed by atoms with Crippen LogP contribution in [0.1, 0.15) is 18.4 Å². The van der Waals surface area contributed by atoms with Crippen LogP contribution < -0.4 is 5.73 Å². The zero-order valence-electron chi connectivity index (χ0n) is 11.9. The van der Waals surface area contributed by atoms with Crippen LogP contribution in [0, 0.1) is 0 Å². The lowest BCUT2D eigenvalue weighted by Crippen LogP contribution is -2.21. The van der Waals surface area contributed by atoms with Gasteiger partial charge in [0.05, 0.1) is 16.8 Å². The van der Waals surface area contributed by atoms with Crippen LogP contribution in [0.25, 0.3) is 0 Å². The molecule has 1 aromatic rings. The van der Waals surface area contributed by atoms with Gasteiger partial charge in [-0.05, 0) is 30.5 Å². The van der Waals surface area contributed by atoms with Crippen LogP contribution in [0.3, 0.4) is 0 Å². The van der Waals surface area contributed by atoms with Crippen LogP contribution in [-0.2, 0) is 31.9 Å². The fraction of sp³-hybridized carbons (Fsp3) is 0.571. The summed E-state index contributed by atoms with van der Waals surface area (Å²) in [6.07, 6.45) is 1.93. The van der Waals surface area contributed by atoms with Gasteiger partial charge in [-0.1, -0.05) is 12.1 Å². The van der Waals surface area contributed by atoms with Crippen molar-refractivity contribution < 1.29 is 17.4 Å². The van der Waals surface area contributed by atoms with Gasteiger partial charge < -0.3 is 10.5 Å². The van der Waals surface area contributed by atoms with Gasteiger partial charge in [-0.15, -0.1) is 0 Å². The highest BCUT2D eigenvalue weighted by Gasteiger charge is 2.21. The molecule has 1 saturated heterocycles. The van der Waals surface area contributed by atoms with Gasteiger partial charge in [0.25, 0.3) is 0 Å². The van der Waals surface area contributed by atoms with Crippen molar-refractivity contribution in [3.05, 3.63) is 29.8 Å². The molecular weight excluding hydrogens is 310 g/mol. The van der Waals surface area contributed by atoms with Gasteiger partial charge in [-0.25, -0.2) is 8.42 Å². The summed E-state index contributed by atoms with van der Waals surface area (Å²) in [6, 6.07) is 6.60. The summed E-state index contributed by atoms with van der Waals surface area (Å²) >= 11 is 0. The van der Waals surface area contributed by atoms with E-state index in [1.807, 2.05) is 0 Å². The van der Waals surface area contributed by atoms with Crippen LogP contribution >= 0.6 is 0 Å². The fourth-order valence-electron chi connectivity index (χ4n) is 2.25. The zero-order chi connectivity index (χ0) is 15.3. The molecule has 1 aliphatic heterocycles. The molecule has 2 atom stereocenters. The van der Waals surface area contributed by atoms with E-state index in [2.05, 4.69) is 0 Å². The molecule has 21 heavy (non-hydrogen) atoms. The number of sulfone groups is 1. The summed E-state index contributed by atoms with van der Waals surface area (Å²) in [4.78, 5) is 0.250. The molecule has 1 aromatic carbocycles. The number of benzene rings is 1. The molecule has 1 heterocycles. The molecule has 2 N–H and O–H groups in total. The number of rotatable bonds is 7. The monoisotopic (exact) mass is 331 g/mol. The van der Waals surface area contributed by atoms with Gasteiger partial charge in [0.1, 0.15) is 0 Å². The highest BCUT2D eigenvalue weighted by atomic mass is 32.2. The van der Waals surface area contributed by atoms with Crippen molar-refractivity contribution in [3.63, 3.8) is 0 Å². The highest BCUT2D eigenvalue weighted by Crippen LogP contribution is 2.15. The molecule has 1 aliphatic rings. The molecule has 2 unspecified atom stereocenters. The minimum Gasteiger partial charge on any atom is -0.377 e. The van der Waals surface area contributed by atoms with Crippen LogP contribution in [0.15, 0.2) is 29.2 Å². The maximum Gasteiger partial charge on any atom is 0.179 e. The normalized spacial score (nSPS) is 20.5. The molecule has 0 aliphatic carbocycles. The maximum absolute atomic E-state index is 12.2. The predicted molar refractivity (Wildman–Crippen MR) is 83.2 cm³/mol. The lowest BCUT2D eigenvalue weighted by atomic mass is 10.2. The minimum absolute atomic E-state index is 0.0223. The van der Waals surface area contributed by atoms with Crippen molar-refractivity contribution >= 4 is 20.6 Å². The lowest BCUT2D eigenvalue weighted by Gasteiger charge is -2.09. The molecule has 0 saturated carbocycles. The Kier molecular flexibility index (Phi) is 5.92. The third kappa shape index (κ3) is 4.88. The third-order valence-corrected chi connectivity index (χ3v) is 6.84. The first-order valence-corrected chi connectivity index (χ1v) is 10.1. The Morgan fingerprint density at radius 1 is 1.38 bits per heavy atom. The summed E-state index contributed by atoms with van der Waals surface area (Å²) in [7, 11) is -4.58. The Labute approximate surface area is 128 Å². The Hall–Kier alpha value is -0.760. The first-order chi connectivity index (χ1) is 10.0. The van der Waals surface area contributed by atoms with Crippen molar-refractivity contribution in [3.8, 4) is 0 Å². The summed E-state index contributed by atoms with van der Waals surface area (Å²) in [5, 5.41) is 0. The molecule has 0 radical (unpaired) electrons. The van der Waals surface area contributed by atoms with Crippen LogP contribution in [0.2, 0.25) is 0 Å². The lowest BCUT2D eigenvalue weighted by molar-refractivity contribution is 0.128. The van der Waals surface area contributed by atoms with Crippen molar-refractivity contribution in [2.45, 2.75) is 30.4 Å². The number of ether oxygens (including phenoxy) is 1. The van der Waals surface area contributed by atoms with Gasteiger partial charge in [-0.3, -0.25) is 4.21 Å². The van der Waals surface area contributed by atoms with Crippen molar-refractivity contribution in [2.75, 3.05) is 23.9 Å². The standard InChI is InChI=1S/C14H21NO4S2/c15-10-12-3-1-5-14(9-12)21(17,18)8-7-20(16)11-13-4-2-6-19-13/h1,3,5,9,13H,2,4,6-8,10-11,15H2. The minimum atomic E-state index is -3.41.